The predicted octanol–water partition coefficient (Wildman–Crippen LogP) is 4.93. The highest BCUT2D eigenvalue weighted by Crippen LogP contribution is 2.38. The monoisotopic (exact) mass is 687 g/mol. The molecule has 1 aromatic rings. The molecule has 0 bridgehead atoms. The van der Waals surface area contributed by atoms with Crippen molar-refractivity contribution in [2.24, 2.45) is 17.8 Å². The number of ether oxygens (including phenoxy) is 5. The van der Waals surface area contributed by atoms with Crippen LogP contribution in [0.1, 0.15) is 91.4 Å². The Labute approximate surface area is 291 Å². The van der Waals surface area contributed by atoms with Crippen molar-refractivity contribution >= 4 is 23.5 Å². The Hall–Kier alpha value is -2.96. The first-order valence-electron chi connectivity index (χ1n) is 17.4. The van der Waals surface area contributed by atoms with Crippen LogP contribution in [0.2, 0.25) is 0 Å². The number of hydrogen-bond acceptors (Lipinski definition) is 11. The second kappa shape index (κ2) is 16.8. The van der Waals surface area contributed by atoms with Crippen molar-refractivity contribution < 1.29 is 48.0 Å². The number of benzene rings is 1. The summed E-state index contributed by atoms with van der Waals surface area (Å²) < 4.78 is 31.1. The first-order chi connectivity index (χ1) is 22.9. The molecule has 3 rings (SSSR count). The zero-order chi connectivity index (χ0) is 36.8. The van der Waals surface area contributed by atoms with Crippen LogP contribution in [-0.2, 0) is 38.1 Å². The average molecular weight is 688 g/mol. The van der Waals surface area contributed by atoms with Crippen molar-refractivity contribution in [2.75, 3.05) is 21.2 Å². The molecule has 0 radical (unpaired) electrons. The van der Waals surface area contributed by atoms with Crippen LogP contribution in [0.5, 0.6) is 0 Å². The normalized spacial score (nSPS) is 37.9. The third-order valence-electron chi connectivity index (χ3n) is 10.1. The molecule has 0 saturated carbocycles. The lowest BCUT2D eigenvalue weighted by Crippen LogP contribution is -2.60. The second-order valence-corrected chi connectivity index (χ2v) is 14.4. The van der Waals surface area contributed by atoms with E-state index in [4.69, 9.17) is 23.7 Å². The molecule has 0 amide bonds. The standard InChI is InChI=1S/C38H57NO10/c1-12-26-21-37(7,44)29(13-2)47-34(42)25(6)31(41)24(5)33(38(8,45-11)20-22(3)30(26)40)49-36-32(28(39(9)10)19-23(4)46-36)48-35(43)27-17-15-14-16-18-27/h14-18,21-25,28-29,32-33,36,44H,12-13,19-20H2,1-11H3/b26-21+/t22-,23-,24+,25-,28?,29-,32-,33-,36?,37+,38+/m1/s1. The van der Waals surface area contributed by atoms with Crippen molar-refractivity contribution in [1.82, 2.24) is 4.90 Å². The lowest BCUT2D eigenvalue weighted by molar-refractivity contribution is -0.294. The zero-order valence-electron chi connectivity index (χ0n) is 31.1. The summed E-state index contributed by atoms with van der Waals surface area (Å²) in [4.78, 5) is 56.9. The number of allylic oxidation sites excluding steroid dienone is 1. The van der Waals surface area contributed by atoms with Crippen LogP contribution in [0.3, 0.4) is 0 Å². The van der Waals surface area contributed by atoms with Crippen LogP contribution in [0.4, 0.5) is 0 Å². The van der Waals surface area contributed by atoms with E-state index in [1.165, 1.54) is 27.0 Å². The van der Waals surface area contributed by atoms with Gasteiger partial charge in [0.05, 0.1) is 29.4 Å². The number of hydrogen-bond donors (Lipinski definition) is 1. The molecule has 2 aliphatic heterocycles. The number of aliphatic hydroxyl groups is 1. The topological polar surface area (TPSA) is 138 Å². The first kappa shape index (κ1) is 40.5. The molecule has 49 heavy (non-hydrogen) atoms. The second-order valence-electron chi connectivity index (χ2n) is 14.4. The van der Waals surface area contributed by atoms with Crippen LogP contribution >= 0.6 is 0 Å². The Bertz CT molecular complexity index is 1340. The van der Waals surface area contributed by atoms with Crippen LogP contribution in [0, 0.1) is 17.8 Å². The smallest absolute Gasteiger partial charge is 0.338 e. The van der Waals surface area contributed by atoms with Crippen molar-refractivity contribution in [3.8, 4) is 0 Å². The van der Waals surface area contributed by atoms with Crippen LogP contribution in [0.25, 0.3) is 0 Å². The molecule has 2 aliphatic rings. The largest absolute Gasteiger partial charge is 0.458 e. The molecule has 274 valence electrons. The molecule has 1 N–H and O–H groups in total. The van der Waals surface area contributed by atoms with Crippen molar-refractivity contribution in [3.63, 3.8) is 0 Å². The van der Waals surface area contributed by atoms with E-state index in [0.29, 0.717) is 24.0 Å². The van der Waals surface area contributed by atoms with E-state index in [2.05, 4.69) is 0 Å². The Balaban J connectivity index is 2.14. The summed E-state index contributed by atoms with van der Waals surface area (Å²) in [5, 5.41) is 11.4. The number of methoxy groups -OCH3 is 1. The summed E-state index contributed by atoms with van der Waals surface area (Å²) in [7, 11) is 5.26. The third kappa shape index (κ3) is 9.43. The van der Waals surface area contributed by atoms with Gasteiger partial charge in [-0.15, -0.1) is 0 Å². The van der Waals surface area contributed by atoms with Crippen molar-refractivity contribution in [2.45, 2.75) is 129 Å². The SMILES string of the molecule is CC/C1=C\[C@](C)(O)[C@@H](CC)OC(=O)[C@H](C)C(=O)[C@H](C)[C@@H](OC2O[C@H](C)CC(N(C)C)[C@H]2OC(=O)c2ccccc2)[C@@](C)(OC)C[C@@H](C)C1=O. The molecule has 0 aliphatic carbocycles. The lowest BCUT2D eigenvalue weighted by atomic mass is 9.76. The number of carbonyl (C=O) groups excluding carboxylic acids is 4. The van der Waals surface area contributed by atoms with Gasteiger partial charge >= 0.3 is 11.9 Å². The number of cyclic esters (lactones) is 1. The number of esters is 2. The summed E-state index contributed by atoms with van der Waals surface area (Å²) in [5.74, 6) is -4.82. The molecule has 0 spiro atoms. The highest BCUT2D eigenvalue weighted by atomic mass is 16.7. The van der Waals surface area contributed by atoms with Gasteiger partial charge < -0.3 is 33.7 Å². The minimum absolute atomic E-state index is 0.133. The highest BCUT2D eigenvalue weighted by molar-refractivity contribution is 6.00. The maximum absolute atomic E-state index is 14.2. The number of ketones is 2. The fraction of sp³-hybridized carbons (Fsp3) is 0.684. The fourth-order valence-corrected chi connectivity index (χ4v) is 7.11. The van der Waals surface area contributed by atoms with Crippen molar-refractivity contribution in [3.05, 3.63) is 47.5 Å². The molecular formula is C38H57NO10. The number of rotatable bonds is 8. The van der Waals surface area contributed by atoms with E-state index in [1.807, 2.05) is 32.8 Å². The van der Waals surface area contributed by atoms with Crippen LogP contribution < -0.4 is 0 Å². The van der Waals surface area contributed by atoms with Gasteiger partial charge in [-0.25, -0.2) is 4.79 Å². The zero-order valence-corrected chi connectivity index (χ0v) is 31.1. The number of Topliss-reactive ketones (excluding diaryl/α,β-unsaturated/α-hetero) is 2. The van der Waals surface area contributed by atoms with Gasteiger partial charge in [0.1, 0.15) is 17.6 Å². The quantitative estimate of drug-likeness (QED) is 0.294. The Kier molecular flexibility index (Phi) is 13.9. The third-order valence-corrected chi connectivity index (χ3v) is 10.1. The molecule has 11 atom stereocenters. The fourth-order valence-electron chi connectivity index (χ4n) is 7.11. The van der Waals surface area contributed by atoms with Crippen LogP contribution in [0.15, 0.2) is 42.0 Å². The Morgan fingerprint density at radius 1 is 1.04 bits per heavy atom. The summed E-state index contributed by atoms with van der Waals surface area (Å²) >= 11 is 0. The summed E-state index contributed by atoms with van der Waals surface area (Å²) in [6.07, 6.45) is -1.64. The maximum atomic E-state index is 14.2. The van der Waals surface area contributed by atoms with E-state index in [0.717, 1.165) is 0 Å². The summed E-state index contributed by atoms with van der Waals surface area (Å²) in [6.45, 7) is 13.6. The molecule has 11 nitrogen and oxygen atoms in total. The van der Waals surface area contributed by atoms with Gasteiger partial charge in [0, 0.05) is 18.9 Å². The predicted molar refractivity (Wildman–Crippen MR) is 184 cm³/mol. The maximum Gasteiger partial charge on any atom is 0.338 e. The van der Waals surface area contributed by atoms with Crippen LogP contribution in [-0.4, -0.2) is 103 Å². The van der Waals surface area contributed by atoms with Gasteiger partial charge in [-0.3, -0.25) is 14.4 Å². The van der Waals surface area contributed by atoms with E-state index >= 15 is 0 Å². The van der Waals surface area contributed by atoms with Gasteiger partial charge in [-0.1, -0.05) is 45.9 Å². The number of carbonyl (C=O) groups is 4. The van der Waals surface area contributed by atoms with E-state index in [9.17, 15) is 24.3 Å². The summed E-state index contributed by atoms with van der Waals surface area (Å²) in [5.41, 5.74) is -2.16. The molecule has 1 fully saturated rings. The molecule has 2 unspecified atom stereocenters. The van der Waals surface area contributed by atoms with Gasteiger partial charge in [-0.05, 0) is 91.3 Å². The molecule has 2 heterocycles. The van der Waals surface area contributed by atoms with E-state index in [-0.39, 0.29) is 30.8 Å². The molecule has 1 aromatic carbocycles. The Morgan fingerprint density at radius 3 is 2.22 bits per heavy atom. The molecule has 1 saturated heterocycles. The average Bonchev–Trinajstić information content (AvgIpc) is 3.07. The van der Waals surface area contributed by atoms with E-state index in [1.54, 1.807) is 58.0 Å². The molecule has 11 heteroatoms. The minimum atomic E-state index is -1.65. The van der Waals surface area contributed by atoms with Crippen molar-refractivity contribution in [1.29, 1.82) is 0 Å². The van der Waals surface area contributed by atoms with Gasteiger partial charge in [0.15, 0.2) is 24.0 Å². The van der Waals surface area contributed by atoms with Gasteiger partial charge in [0.2, 0.25) is 0 Å². The van der Waals surface area contributed by atoms with E-state index < -0.39 is 71.3 Å². The lowest BCUT2D eigenvalue weighted by Gasteiger charge is -2.47. The highest BCUT2D eigenvalue weighted by Gasteiger charge is 2.51. The Morgan fingerprint density at radius 2 is 1.67 bits per heavy atom. The first-order valence-corrected chi connectivity index (χ1v) is 17.4. The summed E-state index contributed by atoms with van der Waals surface area (Å²) in [6, 6.07) is 8.33. The molecular weight excluding hydrogens is 630 g/mol. The minimum Gasteiger partial charge on any atom is -0.458 e. The number of nitrogens with zero attached hydrogens (tertiary/aromatic N) is 1. The molecule has 0 aromatic heterocycles. The number of likely N-dealkylation sites (N-methyl/N-ethyl adjacent to an activating group) is 1. The van der Waals surface area contributed by atoms with Gasteiger partial charge in [-0.2, -0.15) is 0 Å². The van der Waals surface area contributed by atoms with Gasteiger partial charge in [0.25, 0.3) is 0 Å².